The summed E-state index contributed by atoms with van der Waals surface area (Å²) in [4.78, 5) is 11.6. The number of ether oxygens (including phenoxy) is 2. The van der Waals surface area contributed by atoms with Gasteiger partial charge < -0.3 is 30.1 Å². The molecule has 0 spiro atoms. The van der Waals surface area contributed by atoms with Gasteiger partial charge in [-0.15, -0.1) is 0 Å². The second-order valence-electron chi connectivity index (χ2n) is 7.68. The lowest BCUT2D eigenvalue weighted by Crippen LogP contribution is -2.65. The molecule has 0 aromatic heterocycles. The zero-order valence-corrected chi connectivity index (χ0v) is 19.0. The van der Waals surface area contributed by atoms with E-state index in [0.717, 1.165) is 12.1 Å². The van der Waals surface area contributed by atoms with Crippen molar-refractivity contribution in [3.05, 3.63) is 48.5 Å². The molecule has 192 valence electrons. The van der Waals surface area contributed by atoms with Crippen LogP contribution in [0.2, 0.25) is 0 Å². The summed E-state index contributed by atoms with van der Waals surface area (Å²) < 4.78 is 74.0. The molecular formula is C21H23F3N2O8S. The number of nitrogens with one attached hydrogen (secondary N) is 2. The van der Waals surface area contributed by atoms with Crippen LogP contribution in [0.4, 0.5) is 18.9 Å². The minimum atomic E-state index is -5.64. The molecule has 2 aromatic carbocycles. The number of benzene rings is 2. The molecule has 2 unspecified atom stereocenters. The monoisotopic (exact) mass is 520 g/mol. The van der Waals surface area contributed by atoms with E-state index in [1.54, 1.807) is 12.1 Å². The van der Waals surface area contributed by atoms with E-state index in [1.807, 2.05) is 0 Å². The van der Waals surface area contributed by atoms with E-state index >= 15 is 0 Å². The summed E-state index contributed by atoms with van der Waals surface area (Å²) in [6, 6.07) is 10.1. The Kier molecular flexibility index (Phi) is 7.91. The molecule has 1 amide bonds. The van der Waals surface area contributed by atoms with Crippen molar-refractivity contribution in [3.8, 4) is 16.9 Å². The predicted molar refractivity (Wildman–Crippen MR) is 116 cm³/mol. The van der Waals surface area contributed by atoms with Crippen LogP contribution in [-0.2, 0) is 19.6 Å². The number of rotatable bonds is 7. The van der Waals surface area contributed by atoms with Crippen molar-refractivity contribution in [2.45, 2.75) is 43.1 Å². The van der Waals surface area contributed by atoms with Gasteiger partial charge in [0.25, 0.3) is 0 Å². The highest BCUT2D eigenvalue weighted by molar-refractivity contribution is 7.93. The minimum Gasteiger partial charge on any atom is -0.462 e. The lowest BCUT2D eigenvalue weighted by atomic mass is 9.96. The predicted octanol–water partition coefficient (Wildman–Crippen LogP) is 0.938. The number of aliphatic hydroxyl groups is 3. The van der Waals surface area contributed by atoms with Gasteiger partial charge in [0.05, 0.1) is 6.61 Å². The van der Waals surface area contributed by atoms with Crippen molar-refractivity contribution in [1.29, 1.82) is 0 Å². The fourth-order valence-electron chi connectivity index (χ4n) is 3.47. The lowest BCUT2D eigenvalue weighted by Gasteiger charge is -2.42. The third-order valence-electron chi connectivity index (χ3n) is 5.11. The molecule has 3 rings (SSSR count). The quantitative estimate of drug-likeness (QED) is 0.361. The highest BCUT2D eigenvalue weighted by atomic mass is 32.2. The molecule has 1 heterocycles. The SMILES string of the molecule is CC(=O)N[C@H]1C(O)[C@@H](O)C(CO)O[C@H]1Oc1ccccc1-c1cccc(NS(=O)(=O)C(F)(F)F)c1. The largest absolute Gasteiger partial charge is 0.516 e. The molecule has 35 heavy (non-hydrogen) atoms. The first-order chi connectivity index (χ1) is 16.3. The van der Waals surface area contributed by atoms with Gasteiger partial charge in [-0.1, -0.05) is 30.3 Å². The number of sulfonamides is 1. The van der Waals surface area contributed by atoms with Crippen molar-refractivity contribution in [1.82, 2.24) is 5.32 Å². The van der Waals surface area contributed by atoms with Gasteiger partial charge in [-0.2, -0.15) is 21.6 Å². The summed E-state index contributed by atoms with van der Waals surface area (Å²) in [6.07, 6.45) is -5.68. The maximum atomic E-state index is 12.7. The molecule has 1 fully saturated rings. The first kappa shape index (κ1) is 26.7. The van der Waals surface area contributed by atoms with Crippen LogP contribution in [0.15, 0.2) is 48.5 Å². The maximum Gasteiger partial charge on any atom is 0.516 e. The van der Waals surface area contributed by atoms with Crippen molar-refractivity contribution < 1.29 is 51.2 Å². The summed E-state index contributed by atoms with van der Waals surface area (Å²) in [5, 5.41) is 32.5. The van der Waals surface area contributed by atoms with E-state index in [2.05, 4.69) is 5.32 Å². The van der Waals surface area contributed by atoms with E-state index in [-0.39, 0.29) is 17.0 Å². The highest BCUT2D eigenvalue weighted by Gasteiger charge is 2.47. The van der Waals surface area contributed by atoms with Crippen LogP contribution in [0.5, 0.6) is 5.75 Å². The molecular weight excluding hydrogens is 497 g/mol. The number of carbonyl (C=O) groups is 1. The Balaban J connectivity index is 1.94. The first-order valence-electron chi connectivity index (χ1n) is 10.2. The number of amides is 1. The second kappa shape index (κ2) is 10.4. The van der Waals surface area contributed by atoms with Crippen LogP contribution in [0.25, 0.3) is 11.1 Å². The van der Waals surface area contributed by atoms with Crippen LogP contribution >= 0.6 is 0 Å². The van der Waals surface area contributed by atoms with Crippen molar-refractivity contribution in [2.75, 3.05) is 11.3 Å². The van der Waals surface area contributed by atoms with Crippen molar-refractivity contribution >= 4 is 21.6 Å². The van der Waals surface area contributed by atoms with Crippen molar-refractivity contribution in [2.24, 2.45) is 0 Å². The summed E-state index contributed by atoms with van der Waals surface area (Å²) in [7, 11) is -5.64. The molecule has 10 nitrogen and oxygen atoms in total. The number of hydrogen-bond donors (Lipinski definition) is 5. The second-order valence-corrected chi connectivity index (χ2v) is 9.35. The zero-order valence-electron chi connectivity index (χ0n) is 18.1. The van der Waals surface area contributed by atoms with Gasteiger partial charge >= 0.3 is 15.5 Å². The van der Waals surface area contributed by atoms with Crippen LogP contribution in [-0.4, -0.2) is 72.4 Å². The fourth-order valence-corrected chi connectivity index (χ4v) is 4.02. The Morgan fingerprint density at radius 3 is 2.43 bits per heavy atom. The molecule has 0 bridgehead atoms. The molecule has 0 aliphatic carbocycles. The van der Waals surface area contributed by atoms with Gasteiger partial charge in [-0.05, 0) is 23.8 Å². The summed E-state index contributed by atoms with van der Waals surface area (Å²) in [5.74, 6) is -0.456. The van der Waals surface area contributed by atoms with Gasteiger partial charge in [0.1, 0.15) is 30.1 Å². The molecule has 0 saturated carbocycles. The normalized spacial score (nSPS) is 25.1. The average Bonchev–Trinajstić information content (AvgIpc) is 2.78. The van der Waals surface area contributed by atoms with Crippen LogP contribution in [0.3, 0.4) is 0 Å². The van der Waals surface area contributed by atoms with E-state index in [9.17, 15) is 41.7 Å². The smallest absolute Gasteiger partial charge is 0.462 e. The van der Waals surface area contributed by atoms with Gasteiger partial charge in [0.15, 0.2) is 0 Å². The summed E-state index contributed by atoms with van der Waals surface area (Å²) >= 11 is 0. The minimum absolute atomic E-state index is 0.101. The molecule has 1 aliphatic heterocycles. The maximum absolute atomic E-state index is 12.7. The number of hydrogen-bond acceptors (Lipinski definition) is 8. The topological polar surface area (TPSA) is 154 Å². The lowest BCUT2D eigenvalue weighted by molar-refractivity contribution is -0.244. The Morgan fingerprint density at radius 2 is 1.80 bits per heavy atom. The molecule has 14 heteroatoms. The standard InChI is InChI=1S/C21H23F3N2O8S/c1-11(28)25-17-19(30)18(29)16(10-27)34-20(17)33-15-8-3-2-7-14(15)12-5-4-6-13(9-12)26-35(31,32)21(22,23)24/h2-9,16-20,26-27,29-30H,10H2,1H3,(H,25,28)/t16?,17-,18-,19?,20+/m0/s1. The summed E-state index contributed by atoms with van der Waals surface area (Å²) in [5.41, 5.74) is -5.27. The van der Waals surface area contributed by atoms with Gasteiger partial charge in [-0.25, -0.2) is 0 Å². The fraction of sp³-hybridized carbons (Fsp3) is 0.381. The third-order valence-corrected chi connectivity index (χ3v) is 6.23. The molecule has 1 saturated heterocycles. The van der Waals surface area contributed by atoms with Crippen molar-refractivity contribution in [3.63, 3.8) is 0 Å². The number of para-hydroxylation sites is 1. The zero-order chi connectivity index (χ0) is 26.0. The van der Waals surface area contributed by atoms with E-state index in [1.165, 1.54) is 35.9 Å². The molecule has 0 radical (unpaired) electrons. The molecule has 2 aromatic rings. The number of carbonyl (C=O) groups excluding carboxylic acids is 1. The number of anilines is 1. The Hall–Kier alpha value is -2.91. The third kappa shape index (κ3) is 6.02. The van der Waals surface area contributed by atoms with E-state index in [4.69, 9.17) is 9.47 Å². The molecule has 5 N–H and O–H groups in total. The van der Waals surface area contributed by atoms with E-state index < -0.39 is 58.7 Å². The Labute approximate surface area is 198 Å². The Morgan fingerprint density at radius 1 is 1.11 bits per heavy atom. The number of aliphatic hydroxyl groups excluding tert-OH is 3. The molecule has 5 atom stereocenters. The van der Waals surface area contributed by atoms with Gasteiger partial charge in [-0.3, -0.25) is 9.52 Å². The molecule has 1 aliphatic rings. The Bertz CT molecular complexity index is 1160. The van der Waals surface area contributed by atoms with Crippen LogP contribution < -0.4 is 14.8 Å². The van der Waals surface area contributed by atoms with Gasteiger partial charge in [0, 0.05) is 18.2 Å². The average molecular weight is 520 g/mol. The van der Waals surface area contributed by atoms with Crippen LogP contribution in [0.1, 0.15) is 6.92 Å². The summed E-state index contributed by atoms with van der Waals surface area (Å²) in [6.45, 7) is 0.518. The van der Waals surface area contributed by atoms with Gasteiger partial charge in [0.2, 0.25) is 12.2 Å². The number of alkyl halides is 3. The van der Waals surface area contributed by atoms with E-state index in [0.29, 0.717) is 5.56 Å². The first-order valence-corrected chi connectivity index (χ1v) is 11.7. The highest BCUT2D eigenvalue weighted by Crippen LogP contribution is 2.35. The van der Waals surface area contributed by atoms with Crippen LogP contribution in [0, 0.1) is 0 Å². The number of halogens is 3.